The molecule has 0 spiro atoms. The Kier molecular flexibility index (Phi) is 5.20. The fraction of sp³-hybridized carbons (Fsp3) is 0.312. The number of nitrogens with zero attached hydrogens (tertiary/aromatic N) is 1. The second-order valence-electron chi connectivity index (χ2n) is 5.22. The summed E-state index contributed by atoms with van der Waals surface area (Å²) < 4.78 is 6.34. The quantitative estimate of drug-likeness (QED) is 0.898. The number of hydrogen-bond donors (Lipinski definition) is 1. The first-order valence-corrected chi connectivity index (χ1v) is 7.52. The molecule has 1 heterocycles. The summed E-state index contributed by atoms with van der Waals surface area (Å²) in [4.78, 5) is 14.3. The fourth-order valence-electron chi connectivity index (χ4n) is 2.18. The molecule has 1 N–H and O–H groups in total. The van der Waals surface area contributed by atoms with Gasteiger partial charge in [0.15, 0.2) is 0 Å². The van der Waals surface area contributed by atoms with Crippen LogP contribution in [-0.2, 0) is 0 Å². The maximum atomic E-state index is 12.3. The Morgan fingerprint density at radius 3 is 2.71 bits per heavy atom. The van der Waals surface area contributed by atoms with Crippen molar-refractivity contribution in [1.29, 1.82) is 0 Å². The van der Waals surface area contributed by atoms with Crippen molar-refractivity contribution in [2.75, 3.05) is 20.6 Å². The molecular formula is C16H19BrN2O2. The number of nitrogens with one attached hydrogen (secondary N) is 1. The van der Waals surface area contributed by atoms with Gasteiger partial charge in [0.05, 0.1) is 12.3 Å². The van der Waals surface area contributed by atoms with Crippen LogP contribution < -0.4 is 5.32 Å². The van der Waals surface area contributed by atoms with Gasteiger partial charge in [-0.2, -0.15) is 0 Å². The minimum absolute atomic E-state index is 0.0113. The molecule has 1 unspecified atom stereocenters. The Balaban J connectivity index is 2.05. The molecule has 2 rings (SSSR count). The van der Waals surface area contributed by atoms with Gasteiger partial charge in [0.1, 0.15) is 5.76 Å². The van der Waals surface area contributed by atoms with Crippen molar-refractivity contribution in [3.05, 3.63) is 58.0 Å². The fourth-order valence-corrected chi connectivity index (χ4v) is 2.79. The molecule has 1 atom stereocenters. The zero-order valence-electron chi connectivity index (χ0n) is 12.4. The highest BCUT2D eigenvalue weighted by atomic mass is 79.9. The Labute approximate surface area is 133 Å². The Morgan fingerprint density at radius 2 is 2.14 bits per heavy atom. The lowest BCUT2D eigenvalue weighted by molar-refractivity contribution is 0.0939. The van der Waals surface area contributed by atoms with Crippen LogP contribution in [0.5, 0.6) is 0 Å². The van der Waals surface area contributed by atoms with Crippen LogP contribution >= 0.6 is 15.9 Å². The van der Waals surface area contributed by atoms with Crippen molar-refractivity contribution in [1.82, 2.24) is 10.2 Å². The van der Waals surface area contributed by atoms with Crippen molar-refractivity contribution < 1.29 is 9.21 Å². The third-order valence-corrected chi connectivity index (χ3v) is 3.71. The van der Waals surface area contributed by atoms with E-state index in [0.29, 0.717) is 12.1 Å². The largest absolute Gasteiger partial charge is 0.468 e. The molecule has 0 saturated heterocycles. The first-order valence-electron chi connectivity index (χ1n) is 6.72. The van der Waals surface area contributed by atoms with Gasteiger partial charge in [0, 0.05) is 16.6 Å². The van der Waals surface area contributed by atoms with Crippen molar-refractivity contribution in [2.24, 2.45) is 0 Å². The molecule has 0 radical (unpaired) electrons. The van der Waals surface area contributed by atoms with Crippen LogP contribution in [0.1, 0.15) is 27.7 Å². The molecule has 1 aromatic heterocycles. The van der Waals surface area contributed by atoms with Gasteiger partial charge in [0.25, 0.3) is 5.91 Å². The molecule has 4 nitrogen and oxygen atoms in total. The standard InChI is InChI=1S/C16H19BrN2O2/c1-11-7-12(9-13(17)8-11)16(20)18-10-14(19(2)3)15-5-4-6-21-15/h4-9,14H,10H2,1-3H3,(H,18,20). The van der Waals surface area contributed by atoms with Gasteiger partial charge in [-0.25, -0.2) is 0 Å². The first kappa shape index (κ1) is 15.8. The lowest BCUT2D eigenvalue weighted by Crippen LogP contribution is -2.34. The van der Waals surface area contributed by atoms with Crippen molar-refractivity contribution >= 4 is 21.8 Å². The minimum atomic E-state index is -0.0854. The molecule has 0 aliphatic rings. The Bertz CT molecular complexity index is 588. The van der Waals surface area contributed by atoms with E-state index in [1.807, 2.05) is 56.3 Å². The number of furan rings is 1. The van der Waals surface area contributed by atoms with Crippen LogP contribution in [0.2, 0.25) is 0 Å². The number of carbonyl (C=O) groups is 1. The third kappa shape index (κ3) is 4.19. The van der Waals surface area contributed by atoms with E-state index in [1.165, 1.54) is 0 Å². The summed E-state index contributed by atoms with van der Waals surface area (Å²) in [5, 5.41) is 2.96. The van der Waals surface area contributed by atoms with Crippen LogP contribution in [-0.4, -0.2) is 31.4 Å². The van der Waals surface area contributed by atoms with Crippen LogP contribution in [0.15, 0.2) is 45.5 Å². The molecular weight excluding hydrogens is 332 g/mol. The molecule has 0 aliphatic carbocycles. The number of benzene rings is 1. The smallest absolute Gasteiger partial charge is 0.251 e. The summed E-state index contributed by atoms with van der Waals surface area (Å²) >= 11 is 3.41. The SMILES string of the molecule is Cc1cc(Br)cc(C(=O)NCC(c2ccco2)N(C)C)c1. The van der Waals surface area contributed by atoms with Gasteiger partial charge in [-0.1, -0.05) is 15.9 Å². The van der Waals surface area contributed by atoms with Crippen molar-refractivity contribution in [2.45, 2.75) is 13.0 Å². The topological polar surface area (TPSA) is 45.5 Å². The molecule has 21 heavy (non-hydrogen) atoms. The number of likely N-dealkylation sites (N-methyl/N-ethyl adjacent to an activating group) is 1. The predicted octanol–water partition coefficient (Wildman–Crippen LogP) is 3.38. The monoisotopic (exact) mass is 350 g/mol. The van der Waals surface area contributed by atoms with Crippen LogP contribution in [0, 0.1) is 6.92 Å². The van der Waals surface area contributed by atoms with Gasteiger partial charge in [-0.15, -0.1) is 0 Å². The minimum Gasteiger partial charge on any atom is -0.468 e. The summed E-state index contributed by atoms with van der Waals surface area (Å²) in [7, 11) is 3.92. The molecule has 2 aromatic rings. The zero-order chi connectivity index (χ0) is 15.4. The number of aryl methyl sites for hydroxylation is 1. The second kappa shape index (κ2) is 6.91. The highest BCUT2D eigenvalue weighted by molar-refractivity contribution is 9.10. The molecule has 0 fully saturated rings. The van der Waals surface area contributed by atoms with E-state index in [0.717, 1.165) is 15.8 Å². The Hall–Kier alpha value is -1.59. The van der Waals surface area contributed by atoms with Crippen LogP contribution in [0.3, 0.4) is 0 Å². The molecule has 0 aliphatic heterocycles. The zero-order valence-corrected chi connectivity index (χ0v) is 14.0. The molecule has 5 heteroatoms. The lowest BCUT2D eigenvalue weighted by Gasteiger charge is -2.22. The summed E-state index contributed by atoms with van der Waals surface area (Å²) in [5.41, 5.74) is 1.70. The lowest BCUT2D eigenvalue weighted by atomic mass is 10.1. The average Bonchev–Trinajstić information content (AvgIpc) is 2.91. The van der Waals surface area contributed by atoms with Crippen molar-refractivity contribution in [3.8, 4) is 0 Å². The summed E-state index contributed by atoms with van der Waals surface area (Å²) in [6.45, 7) is 2.46. The predicted molar refractivity (Wildman–Crippen MR) is 86.3 cm³/mol. The molecule has 0 saturated carbocycles. The average molecular weight is 351 g/mol. The van der Waals surface area contributed by atoms with Gasteiger partial charge in [0.2, 0.25) is 0 Å². The molecule has 0 bridgehead atoms. The van der Waals surface area contributed by atoms with Gasteiger partial charge in [-0.3, -0.25) is 9.69 Å². The highest BCUT2D eigenvalue weighted by Crippen LogP contribution is 2.18. The number of halogens is 1. The second-order valence-corrected chi connectivity index (χ2v) is 6.14. The summed E-state index contributed by atoms with van der Waals surface area (Å²) in [5.74, 6) is 0.753. The molecule has 1 amide bonds. The highest BCUT2D eigenvalue weighted by Gasteiger charge is 2.18. The van der Waals surface area contributed by atoms with Gasteiger partial charge >= 0.3 is 0 Å². The van der Waals surface area contributed by atoms with Crippen LogP contribution in [0.4, 0.5) is 0 Å². The van der Waals surface area contributed by atoms with Crippen LogP contribution in [0.25, 0.3) is 0 Å². The summed E-state index contributed by atoms with van der Waals surface area (Å²) in [6, 6.07) is 9.45. The van der Waals surface area contributed by atoms with E-state index >= 15 is 0 Å². The maximum absolute atomic E-state index is 12.3. The van der Waals surface area contributed by atoms with Gasteiger partial charge < -0.3 is 9.73 Å². The molecule has 112 valence electrons. The maximum Gasteiger partial charge on any atom is 0.251 e. The number of hydrogen-bond acceptors (Lipinski definition) is 3. The van der Waals surface area contributed by atoms with E-state index in [1.54, 1.807) is 6.26 Å². The van der Waals surface area contributed by atoms with E-state index in [-0.39, 0.29) is 11.9 Å². The normalized spacial score (nSPS) is 12.4. The first-order chi connectivity index (χ1) is 9.97. The van der Waals surface area contributed by atoms with E-state index in [4.69, 9.17) is 4.42 Å². The van der Waals surface area contributed by atoms with E-state index < -0.39 is 0 Å². The number of carbonyl (C=O) groups excluding carboxylic acids is 1. The third-order valence-electron chi connectivity index (χ3n) is 3.26. The van der Waals surface area contributed by atoms with Gasteiger partial charge in [-0.05, 0) is 56.9 Å². The van der Waals surface area contributed by atoms with E-state index in [2.05, 4.69) is 21.2 Å². The Morgan fingerprint density at radius 1 is 1.38 bits per heavy atom. The summed E-state index contributed by atoms with van der Waals surface area (Å²) in [6.07, 6.45) is 1.64. The van der Waals surface area contributed by atoms with Crippen molar-refractivity contribution in [3.63, 3.8) is 0 Å². The number of amides is 1. The number of rotatable bonds is 5. The molecule has 1 aromatic carbocycles. The van der Waals surface area contributed by atoms with E-state index in [9.17, 15) is 4.79 Å².